The van der Waals surface area contributed by atoms with Crippen LogP contribution in [0.1, 0.15) is 18.2 Å². The van der Waals surface area contributed by atoms with Gasteiger partial charge in [0.1, 0.15) is 0 Å². The van der Waals surface area contributed by atoms with E-state index in [4.69, 9.17) is 5.11 Å². The number of hydrogen-bond acceptors (Lipinski definition) is 2. The van der Waals surface area contributed by atoms with Crippen LogP contribution in [0.25, 0.3) is 0 Å². The zero-order valence-electron chi connectivity index (χ0n) is 6.63. The highest BCUT2D eigenvalue weighted by Crippen LogP contribution is 2.12. The van der Waals surface area contributed by atoms with Crippen molar-refractivity contribution in [2.24, 2.45) is 7.05 Å². The van der Waals surface area contributed by atoms with Crippen molar-refractivity contribution < 1.29 is 9.50 Å². The summed E-state index contributed by atoms with van der Waals surface area (Å²) in [5.74, 6) is -0.350. The number of halogens is 1. The molecule has 0 fully saturated rings. The predicted molar refractivity (Wildman–Crippen MR) is 38.5 cm³/mol. The molecule has 0 bridgehead atoms. The van der Waals surface area contributed by atoms with E-state index in [0.717, 1.165) is 4.68 Å². The summed E-state index contributed by atoms with van der Waals surface area (Å²) >= 11 is 0. The maximum absolute atomic E-state index is 13.0. The van der Waals surface area contributed by atoms with Gasteiger partial charge in [-0.2, -0.15) is 9.49 Å². The van der Waals surface area contributed by atoms with Crippen molar-refractivity contribution in [2.45, 2.75) is 20.0 Å². The van der Waals surface area contributed by atoms with Crippen LogP contribution in [-0.2, 0) is 20.1 Å². The van der Waals surface area contributed by atoms with Gasteiger partial charge in [0, 0.05) is 12.6 Å². The average Bonchev–Trinajstić information content (AvgIpc) is 2.28. The molecular formula is C7H11FN2O. The van der Waals surface area contributed by atoms with Crippen LogP contribution in [0.3, 0.4) is 0 Å². The number of aryl methyl sites for hydroxylation is 1. The summed E-state index contributed by atoms with van der Waals surface area (Å²) < 4.78 is 14.1. The Morgan fingerprint density at radius 3 is 2.64 bits per heavy atom. The van der Waals surface area contributed by atoms with Gasteiger partial charge in [0.25, 0.3) is 0 Å². The van der Waals surface area contributed by atoms with Gasteiger partial charge in [0.05, 0.1) is 12.3 Å². The minimum atomic E-state index is -0.350. The third kappa shape index (κ3) is 1.26. The van der Waals surface area contributed by atoms with E-state index in [2.05, 4.69) is 5.10 Å². The molecule has 0 saturated carbocycles. The molecule has 1 aromatic heterocycles. The number of rotatable bonds is 2. The normalized spacial score (nSPS) is 10.5. The second-order valence-electron chi connectivity index (χ2n) is 2.35. The summed E-state index contributed by atoms with van der Waals surface area (Å²) in [6.45, 7) is 1.64. The van der Waals surface area contributed by atoms with Crippen molar-refractivity contribution in [3.8, 4) is 0 Å². The molecule has 4 heteroatoms. The Balaban J connectivity index is 3.15. The molecule has 0 radical (unpaired) electrons. The van der Waals surface area contributed by atoms with E-state index in [1.165, 1.54) is 7.05 Å². The third-order valence-electron chi connectivity index (χ3n) is 1.66. The van der Waals surface area contributed by atoms with Gasteiger partial charge in [-0.15, -0.1) is 0 Å². The van der Waals surface area contributed by atoms with Crippen LogP contribution in [0.15, 0.2) is 0 Å². The van der Waals surface area contributed by atoms with Crippen LogP contribution in [0.4, 0.5) is 4.39 Å². The van der Waals surface area contributed by atoms with Gasteiger partial charge in [-0.05, 0) is 6.42 Å². The zero-order valence-corrected chi connectivity index (χ0v) is 6.63. The standard InChI is InChI=1S/C7H11FN2O/c1-3-5-6(4-11)9-10(2)7(5)8/h11H,3-4H2,1-2H3. The molecule has 0 aromatic carbocycles. The van der Waals surface area contributed by atoms with Gasteiger partial charge in [-0.1, -0.05) is 6.92 Å². The van der Waals surface area contributed by atoms with Crippen molar-refractivity contribution in [3.63, 3.8) is 0 Å². The highest BCUT2D eigenvalue weighted by molar-refractivity contribution is 5.17. The maximum atomic E-state index is 13.0. The van der Waals surface area contributed by atoms with E-state index < -0.39 is 0 Å². The minimum Gasteiger partial charge on any atom is -0.390 e. The van der Waals surface area contributed by atoms with Crippen LogP contribution < -0.4 is 0 Å². The Kier molecular flexibility index (Phi) is 2.24. The van der Waals surface area contributed by atoms with E-state index in [1.807, 2.05) is 6.92 Å². The largest absolute Gasteiger partial charge is 0.390 e. The fourth-order valence-corrected chi connectivity index (χ4v) is 1.08. The maximum Gasteiger partial charge on any atom is 0.214 e. The van der Waals surface area contributed by atoms with Crippen LogP contribution in [0.5, 0.6) is 0 Å². The molecule has 0 saturated heterocycles. The molecule has 0 unspecified atom stereocenters. The SMILES string of the molecule is CCc1c(CO)nn(C)c1F. The molecule has 1 N–H and O–H groups in total. The second-order valence-corrected chi connectivity index (χ2v) is 2.35. The Labute approximate surface area is 64.5 Å². The van der Waals surface area contributed by atoms with E-state index in [-0.39, 0.29) is 12.6 Å². The second kappa shape index (κ2) is 3.00. The van der Waals surface area contributed by atoms with Gasteiger partial charge in [0.15, 0.2) is 0 Å². The van der Waals surface area contributed by atoms with Gasteiger partial charge in [-0.25, -0.2) is 4.68 Å². The topological polar surface area (TPSA) is 38.1 Å². The van der Waals surface area contributed by atoms with E-state index in [1.54, 1.807) is 0 Å². The molecule has 62 valence electrons. The summed E-state index contributed by atoms with van der Waals surface area (Å²) in [5.41, 5.74) is 0.947. The first kappa shape index (κ1) is 8.20. The molecule has 0 atom stereocenters. The van der Waals surface area contributed by atoms with Gasteiger partial charge >= 0.3 is 0 Å². The lowest BCUT2D eigenvalue weighted by Gasteiger charge is -1.92. The molecule has 0 spiro atoms. The van der Waals surface area contributed by atoms with Crippen molar-refractivity contribution >= 4 is 0 Å². The first-order valence-corrected chi connectivity index (χ1v) is 3.51. The third-order valence-corrected chi connectivity index (χ3v) is 1.66. The van der Waals surface area contributed by atoms with Gasteiger partial charge in [0.2, 0.25) is 5.95 Å². The highest BCUT2D eigenvalue weighted by atomic mass is 19.1. The first-order valence-electron chi connectivity index (χ1n) is 3.51. The Hall–Kier alpha value is -0.900. The summed E-state index contributed by atoms with van der Waals surface area (Å²) in [5, 5.41) is 12.5. The summed E-state index contributed by atoms with van der Waals surface area (Å²) in [4.78, 5) is 0. The van der Waals surface area contributed by atoms with Crippen LogP contribution >= 0.6 is 0 Å². The summed E-state index contributed by atoms with van der Waals surface area (Å²) in [6.07, 6.45) is 0.565. The van der Waals surface area contributed by atoms with Crippen LogP contribution in [0.2, 0.25) is 0 Å². The molecule has 11 heavy (non-hydrogen) atoms. The van der Waals surface area contributed by atoms with Crippen LogP contribution in [0, 0.1) is 5.95 Å². The monoisotopic (exact) mass is 158 g/mol. The van der Waals surface area contributed by atoms with E-state index >= 15 is 0 Å². The molecule has 1 aromatic rings. The number of aliphatic hydroxyl groups excluding tert-OH is 1. The highest BCUT2D eigenvalue weighted by Gasteiger charge is 2.12. The lowest BCUT2D eigenvalue weighted by Crippen LogP contribution is -1.94. The Bertz CT molecular complexity index is 257. The van der Waals surface area contributed by atoms with Crippen molar-refractivity contribution in [3.05, 3.63) is 17.2 Å². The van der Waals surface area contributed by atoms with Crippen molar-refractivity contribution in [1.29, 1.82) is 0 Å². The van der Waals surface area contributed by atoms with E-state index in [9.17, 15) is 4.39 Å². The summed E-state index contributed by atoms with van der Waals surface area (Å²) in [7, 11) is 1.52. The lowest BCUT2D eigenvalue weighted by molar-refractivity contribution is 0.274. The molecule has 3 nitrogen and oxygen atoms in total. The smallest absolute Gasteiger partial charge is 0.214 e. The van der Waals surface area contributed by atoms with Gasteiger partial charge < -0.3 is 5.11 Å². The quantitative estimate of drug-likeness (QED) is 0.685. The van der Waals surface area contributed by atoms with Crippen molar-refractivity contribution in [2.75, 3.05) is 0 Å². The fraction of sp³-hybridized carbons (Fsp3) is 0.571. The Morgan fingerprint density at radius 2 is 2.27 bits per heavy atom. The Morgan fingerprint density at radius 1 is 1.64 bits per heavy atom. The number of aliphatic hydroxyl groups is 1. The van der Waals surface area contributed by atoms with Crippen molar-refractivity contribution in [1.82, 2.24) is 9.78 Å². The predicted octanol–water partition coefficient (Wildman–Crippen LogP) is 0.614. The van der Waals surface area contributed by atoms with E-state index in [0.29, 0.717) is 17.7 Å². The average molecular weight is 158 g/mol. The lowest BCUT2D eigenvalue weighted by atomic mass is 10.2. The zero-order chi connectivity index (χ0) is 8.43. The van der Waals surface area contributed by atoms with Crippen LogP contribution in [-0.4, -0.2) is 14.9 Å². The molecule has 0 amide bonds. The number of nitrogens with zero attached hydrogens (tertiary/aromatic N) is 2. The molecule has 1 heterocycles. The van der Waals surface area contributed by atoms with Gasteiger partial charge in [-0.3, -0.25) is 0 Å². The fourth-order valence-electron chi connectivity index (χ4n) is 1.08. The molecule has 0 aliphatic heterocycles. The molecule has 0 aliphatic carbocycles. The number of hydrogen-bond donors (Lipinski definition) is 1. The first-order chi connectivity index (χ1) is 5.20. The molecule has 0 aliphatic rings. The minimum absolute atomic E-state index is 0.194. The molecular weight excluding hydrogens is 147 g/mol. The summed E-state index contributed by atoms with van der Waals surface area (Å²) in [6, 6.07) is 0. The number of aromatic nitrogens is 2. The molecule has 1 rings (SSSR count).